The lowest BCUT2D eigenvalue weighted by Gasteiger charge is -2.09. The van der Waals surface area contributed by atoms with Crippen LogP contribution in [0.5, 0.6) is 11.6 Å². The molecular weight excluding hydrogens is 423 g/mol. The molecule has 0 radical (unpaired) electrons. The highest BCUT2D eigenvalue weighted by molar-refractivity contribution is 6.05. The molecule has 2 N–H and O–H groups in total. The number of nitrogens with one attached hydrogen (secondary N) is 2. The number of fused-ring (bicyclic) bond motifs is 1. The molecule has 0 unspecified atom stereocenters. The molecular formula is C23H16F3N3O3. The van der Waals surface area contributed by atoms with Crippen LogP contribution in [0.25, 0.3) is 10.9 Å². The molecule has 0 atom stereocenters. The van der Waals surface area contributed by atoms with Gasteiger partial charge in [-0.1, -0.05) is 23.8 Å². The monoisotopic (exact) mass is 439 g/mol. The number of pyridine rings is 2. The average Bonchev–Trinajstić information content (AvgIpc) is 2.75. The number of benzene rings is 2. The summed E-state index contributed by atoms with van der Waals surface area (Å²) in [5, 5.41) is 2.84. The zero-order valence-corrected chi connectivity index (χ0v) is 16.7. The van der Waals surface area contributed by atoms with Gasteiger partial charge in [0.2, 0.25) is 5.88 Å². The number of carbonyl (C=O) groups excluding carboxylic acids is 1. The first kappa shape index (κ1) is 21.1. The lowest BCUT2D eigenvalue weighted by Crippen LogP contribution is -2.23. The molecule has 0 spiro atoms. The number of hydrogen-bond acceptors (Lipinski definition) is 4. The first-order valence-electron chi connectivity index (χ1n) is 9.45. The molecule has 1 amide bonds. The summed E-state index contributed by atoms with van der Waals surface area (Å²) in [4.78, 5) is 31.3. The second-order valence-corrected chi connectivity index (χ2v) is 7.07. The van der Waals surface area contributed by atoms with E-state index in [9.17, 15) is 22.8 Å². The molecule has 2 heterocycles. The molecule has 0 saturated carbocycles. The molecule has 4 rings (SSSR count). The van der Waals surface area contributed by atoms with Crippen molar-refractivity contribution in [1.82, 2.24) is 9.97 Å². The summed E-state index contributed by atoms with van der Waals surface area (Å²) in [7, 11) is 0. The molecule has 0 saturated heterocycles. The van der Waals surface area contributed by atoms with E-state index in [4.69, 9.17) is 4.74 Å². The van der Waals surface area contributed by atoms with E-state index in [1.54, 1.807) is 24.3 Å². The second kappa shape index (κ2) is 8.18. The lowest BCUT2D eigenvalue weighted by atomic mass is 10.1. The number of ether oxygens (including phenoxy) is 1. The SMILES string of the molecule is Cc1ccc(Oc2ccc(NC(=O)c3cc4ccc(C(F)(F)F)cc4[nH]c3=O)cn2)cc1. The summed E-state index contributed by atoms with van der Waals surface area (Å²) in [5.74, 6) is 0.203. The number of H-pyrrole nitrogens is 1. The number of aromatic amines is 1. The predicted molar refractivity (Wildman–Crippen MR) is 113 cm³/mol. The fourth-order valence-corrected chi connectivity index (χ4v) is 2.99. The number of aryl methyl sites for hydroxylation is 1. The van der Waals surface area contributed by atoms with Crippen molar-refractivity contribution in [2.45, 2.75) is 13.1 Å². The third-order valence-electron chi connectivity index (χ3n) is 4.66. The highest BCUT2D eigenvalue weighted by Crippen LogP contribution is 2.30. The Morgan fingerprint density at radius 2 is 1.78 bits per heavy atom. The van der Waals surface area contributed by atoms with Crippen LogP contribution in [0.1, 0.15) is 21.5 Å². The van der Waals surface area contributed by atoms with Gasteiger partial charge >= 0.3 is 6.18 Å². The Balaban J connectivity index is 1.51. The molecule has 0 fully saturated rings. The standard InChI is InChI=1S/C23H16F3N3O3/c1-13-2-7-17(8-3-13)32-20-9-6-16(12-27-20)28-21(30)18-10-14-4-5-15(23(24,25)26)11-19(14)29-22(18)31/h2-12H,1H3,(H,28,30)(H,29,31). The van der Waals surface area contributed by atoms with Crippen molar-refractivity contribution in [1.29, 1.82) is 0 Å². The van der Waals surface area contributed by atoms with Gasteiger partial charge in [0.25, 0.3) is 11.5 Å². The molecule has 0 aliphatic heterocycles. The Bertz CT molecular complexity index is 1350. The Morgan fingerprint density at radius 1 is 1.03 bits per heavy atom. The molecule has 0 aliphatic rings. The van der Waals surface area contributed by atoms with Crippen LogP contribution in [-0.4, -0.2) is 15.9 Å². The van der Waals surface area contributed by atoms with Crippen LogP contribution in [0.15, 0.2) is 71.7 Å². The van der Waals surface area contributed by atoms with Crippen molar-refractivity contribution in [3.63, 3.8) is 0 Å². The molecule has 2 aromatic carbocycles. The quantitative estimate of drug-likeness (QED) is 0.452. The molecule has 2 aromatic heterocycles. The number of hydrogen-bond donors (Lipinski definition) is 2. The van der Waals surface area contributed by atoms with Crippen LogP contribution >= 0.6 is 0 Å². The van der Waals surface area contributed by atoms with E-state index in [-0.39, 0.29) is 11.1 Å². The van der Waals surface area contributed by atoms with E-state index >= 15 is 0 Å². The normalized spacial score (nSPS) is 11.4. The van der Waals surface area contributed by atoms with Gasteiger partial charge in [-0.25, -0.2) is 4.98 Å². The number of aromatic nitrogens is 2. The van der Waals surface area contributed by atoms with Crippen molar-refractivity contribution in [3.05, 3.63) is 93.9 Å². The largest absolute Gasteiger partial charge is 0.439 e. The maximum absolute atomic E-state index is 12.9. The molecule has 162 valence electrons. The van der Waals surface area contributed by atoms with E-state index in [0.29, 0.717) is 22.7 Å². The molecule has 9 heteroatoms. The van der Waals surface area contributed by atoms with E-state index in [0.717, 1.165) is 17.7 Å². The third-order valence-corrected chi connectivity index (χ3v) is 4.66. The van der Waals surface area contributed by atoms with Crippen molar-refractivity contribution in [3.8, 4) is 11.6 Å². The number of anilines is 1. The summed E-state index contributed by atoms with van der Waals surface area (Å²) in [6, 6.07) is 14.7. The van der Waals surface area contributed by atoms with Crippen molar-refractivity contribution in [2.75, 3.05) is 5.32 Å². The lowest BCUT2D eigenvalue weighted by molar-refractivity contribution is -0.137. The molecule has 6 nitrogen and oxygen atoms in total. The molecule has 0 bridgehead atoms. The topological polar surface area (TPSA) is 84.1 Å². The fraction of sp³-hybridized carbons (Fsp3) is 0.0870. The Labute approximate surface area is 179 Å². The van der Waals surface area contributed by atoms with Crippen LogP contribution < -0.4 is 15.6 Å². The minimum Gasteiger partial charge on any atom is -0.439 e. The number of amides is 1. The van der Waals surface area contributed by atoms with Crippen LogP contribution in [-0.2, 0) is 6.18 Å². The van der Waals surface area contributed by atoms with Crippen LogP contribution in [0.4, 0.5) is 18.9 Å². The zero-order valence-electron chi connectivity index (χ0n) is 16.7. The Hall–Kier alpha value is -4.14. The smallest absolute Gasteiger partial charge is 0.416 e. The van der Waals surface area contributed by atoms with Gasteiger partial charge in [-0.2, -0.15) is 13.2 Å². The van der Waals surface area contributed by atoms with E-state index < -0.39 is 23.2 Å². The van der Waals surface area contributed by atoms with Crippen LogP contribution in [0.3, 0.4) is 0 Å². The number of rotatable bonds is 4. The summed E-state index contributed by atoms with van der Waals surface area (Å²) >= 11 is 0. The van der Waals surface area contributed by atoms with Gasteiger partial charge in [-0.15, -0.1) is 0 Å². The van der Waals surface area contributed by atoms with E-state index in [1.807, 2.05) is 19.1 Å². The number of carbonyl (C=O) groups is 1. The number of halogens is 3. The van der Waals surface area contributed by atoms with Crippen LogP contribution in [0.2, 0.25) is 0 Å². The van der Waals surface area contributed by atoms with E-state index in [2.05, 4.69) is 15.3 Å². The number of nitrogens with zero attached hydrogens (tertiary/aromatic N) is 1. The van der Waals surface area contributed by atoms with Crippen molar-refractivity contribution in [2.24, 2.45) is 0 Å². The van der Waals surface area contributed by atoms with Crippen molar-refractivity contribution >= 4 is 22.5 Å². The Kier molecular flexibility index (Phi) is 5.40. The summed E-state index contributed by atoms with van der Waals surface area (Å²) in [6.07, 6.45) is -3.17. The zero-order chi connectivity index (χ0) is 22.9. The summed E-state index contributed by atoms with van der Waals surface area (Å²) < 4.78 is 44.2. The molecule has 32 heavy (non-hydrogen) atoms. The summed E-state index contributed by atoms with van der Waals surface area (Å²) in [6.45, 7) is 1.96. The van der Waals surface area contributed by atoms with E-state index in [1.165, 1.54) is 18.3 Å². The van der Waals surface area contributed by atoms with Gasteiger partial charge in [-0.3, -0.25) is 9.59 Å². The minimum absolute atomic E-state index is 0.0133. The van der Waals surface area contributed by atoms with Gasteiger partial charge in [0.05, 0.1) is 17.4 Å². The van der Waals surface area contributed by atoms with Crippen LogP contribution in [0, 0.1) is 6.92 Å². The van der Waals surface area contributed by atoms with Gasteiger partial charge in [0.15, 0.2) is 0 Å². The van der Waals surface area contributed by atoms with Gasteiger partial charge in [-0.05, 0) is 48.7 Å². The first-order chi connectivity index (χ1) is 15.2. The van der Waals surface area contributed by atoms with Crippen molar-refractivity contribution < 1.29 is 22.7 Å². The molecule has 4 aromatic rings. The number of alkyl halides is 3. The Morgan fingerprint density at radius 3 is 2.44 bits per heavy atom. The highest BCUT2D eigenvalue weighted by Gasteiger charge is 2.30. The third kappa shape index (κ3) is 4.61. The van der Waals surface area contributed by atoms with Gasteiger partial charge in [0, 0.05) is 11.6 Å². The maximum atomic E-state index is 12.9. The fourth-order valence-electron chi connectivity index (χ4n) is 2.99. The first-order valence-corrected chi connectivity index (χ1v) is 9.45. The van der Waals surface area contributed by atoms with Gasteiger partial charge in [0.1, 0.15) is 11.3 Å². The maximum Gasteiger partial charge on any atom is 0.416 e. The predicted octanol–water partition coefficient (Wildman–Crippen LogP) is 5.29. The second-order valence-electron chi connectivity index (χ2n) is 7.07. The highest BCUT2D eigenvalue weighted by atomic mass is 19.4. The van der Waals surface area contributed by atoms with Gasteiger partial charge < -0.3 is 15.0 Å². The summed E-state index contributed by atoms with van der Waals surface area (Å²) in [5.41, 5.74) is -0.539. The molecule has 0 aliphatic carbocycles. The average molecular weight is 439 g/mol. The minimum atomic E-state index is -4.54.